The van der Waals surface area contributed by atoms with E-state index in [-0.39, 0.29) is 17.5 Å². The number of fused-ring (bicyclic) bond motifs is 1. The maximum absolute atomic E-state index is 11.8. The fourth-order valence-electron chi connectivity index (χ4n) is 3.86. The molecular weight excluding hydrogens is 346 g/mol. The Hall–Kier alpha value is -1.30. The van der Waals surface area contributed by atoms with E-state index in [9.17, 15) is 9.90 Å². The number of hydrogen-bond donors (Lipinski definition) is 1. The molecule has 1 N–H and O–H groups in total. The molecule has 3 heterocycles. The van der Waals surface area contributed by atoms with E-state index in [1.54, 1.807) is 11.1 Å². The van der Waals surface area contributed by atoms with E-state index in [1.807, 2.05) is 12.3 Å². The van der Waals surface area contributed by atoms with Gasteiger partial charge in [-0.05, 0) is 33.8 Å². The summed E-state index contributed by atoms with van der Waals surface area (Å²) in [5.41, 5.74) is 1.03. The van der Waals surface area contributed by atoms with Gasteiger partial charge in [-0.2, -0.15) is 0 Å². The van der Waals surface area contributed by atoms with Crippen LogP contribution in [0.3, 0.4) is 0 Å². The molecule has 0 spiro atoms. The second-order valence-electron chi connectivity index (χ2n) is 7.40. The molecule has 5 nitrogen and oxygen atoms in total. The number of halogens is 1. The van der Waals surface area contributed by atoms with Crippen LogP contribution in [0.1, 0.15) is 27.2 Å². The van der Waals surface area contributed by atoms with Gasteiger partial charge in [0.1, 0.15) is 0 Å². The molecule has 1 aromatic rings. The normalized spacial score (nSPS) is 28.1. The Labute approximate surface area is 139 Å². The Balaban J connectivity index is 1.82. The summed E-state index contributed by atoms with van der Waals surface area (Å²) in [6, 6.07) is 2.23. The van der Waals surface area contributed by atoms with Crippen LogP contribution in [0.4, 0.5) is 10.5 Å². The minimum atomic E-state index is -0.790. The van der Waals surface area contributed by atoms with Crippen molar-refractivity contribution in [1.29, 1.82) is 0 Å². The van der Waals surface area contributed by atoms with Crippen molar-refractivity contribution in [3.8, 4) is 0 Å². The van der Waals surface area contributed by atoms with Crippen molar-refractivity contribution >= 4 is 27.7 Å². The second kappa shape index (κ2) is 5.41. The number of amides is 1. The summed E-state index contributed by atoms with van der Waals surface area (Å²) < 4.78 is 0.949. The first kappa shape index (κ1) is 15.6. The molecular formula is C16H22BrN3O2. The highest BCUT2D eigenvalue weighted by atomic mass is 79.9. The molecule has 3 rings (SSSR count). The second-order valence-corrected chi connectivity index (χ2v) is 8.32. The van der Waals surface area contributed by atoms with Crippen LogP contribution in [0.15, 0.2) is 22.9 Å². The van der Waals surface area contributed by atoms with Crippen LogP contribution in [-0.4, -0.2) is 46.3 Å². The molecule has 0 aliphatic carbocycles. The lowest BCUT2D eigenvalue weighted by molar-refractivity contribution is 0.0889. The van der Waals surface area contributed by atoms with Gasteiger partial charge < -0.3 is 10.0 Å². The van der Waals surface area contributed by atoms with Crippen LogP contribution >= 0.6 is 15.9 Å². The molecule has 3 atom stereocenters. The van der Waals surface area contributed by atoms with E-state index in [2.05, 4.69) is 46.6 Å². The monoisotopic (exact) mass is 367 g/mol. The quantitative estimate of drug-likeness (QED) is 0.825. The lowest BCUT2D eigenvalue weighted by Gasteiger charge is -2.36. The van der Waals surface area contributed by atoms with Gasteiger partial charge in [-0.1, -0.05) is 20.8 Å². The molecule has 2 aliphatic heterocycles. The topological polar surface area (TPSA) is 56.7 Å². The molecule has 0 bridgehead atoms. The minimum absolute atomic E-state index is 0.0229. The van der Waals surface area contributed by atoms with Crippen LogP contribution in [0.2, 0.25) is 0 Å². The van der Waals surface area contributed by atoms with Crippen LogP contribution < -0.4 is 4.90 Å². The van der Waals surface area contributed by atoms with Crippen LogP contribution in [-0.2, 0) is 0 Å². The van der Waals surface area contributed by atoms with Gasteiger partial charge in [0.15, 0.2) is 0 Å². The summed E-state index contributed by atoms with van der Waals surface area (Å²) in [4.78, 5) is 20.0. The van der Waals surface area contributed by atoms with Gasteiger partial charge in [-0.25, -0.2) is 4.79 Å². The van der Waals surface area contributed by atoms with E-state index in [0.717, 1.165) is 29.7 Å². The van der Waals surface area contributed by atoms with E-state index in [0.29, 0.717) is 5.92 Å². The van der Waals surface area contributed by atoms with Crippen LogP contribution in [0, 0.1) is 11.3 Å². The standard InChI is InChI=1S/C16H22BrN3O2/c1-16(2,3)14-4-10-8-19(9-13(10)20(14)15(21)22)12-5-11(17)6-18-7-12/h5-7,10,13-14H,4,8-9H2,1-3H3,(H,21,22)/t10-,13+,14?/m1/s1. The number of anilines is 1. The highest BCUT2D eigenvalue weighted by molar-refractivity contribution is 9.10. The van der Waals surface area contributed by atoms with Crippen LogP contribution in [0.25, 0.3) is 0 Å². The van der Waals surface area contributed by atoms with Gasteiger partial charge in [0, 0.05) is 35.7 Å². The largest absolute Gasteiger partial charge is 0.465 e. The first-order valence-electron chi connectivity index (χ1n) is 7.64. The maximum atomic E-state index is 11.8. The average Bonchev–Trinajstić information content (AvgIpc) is 2.94. The Morgan fingerprint density at radius 2 is 2.09 bits per heavy atom. The molecule has 22 heavy (non-hydrogen) atoms. The summed E-state index contributed by atoms with van der Waals surface area (Å²) in [5, 5.41) is 9.68. The van der Waals surface area contributed by atoms with Crippen molar-refractivity contribution in [1.82, 2.24) is 9.88 Å². The summed E-state index contributed by atoms with van der Waals surface area (Å²) in [5.74, 6) is 0.402. The molecule has 120 valence electrons. The van der Waals surface area contributed by atoms with Crippen molar-refractivity contribution < 1.29 is 9.90 Å². The fourth-order valence-corrected chi connectivity index (χ4v) is 4.22. The number of likely N-dealkylation sites (tertiary alicyclic amines) is 1. The minimum Gasteiger partial charge on any atom is -0.465 e. The van der Waals surface area contributed by atoms with E-state index < -0.39 is 6.09 Å². The highest BCUT2D eigenvalue weighted by Gasteiger charge is 2.51. The van der Waals surface area contributed by atoms with Gasteiger partial charge in [0.2, 0.25) is 0 Å². The summed E-state index contributed by atoms with van der Waals surface area (Å²) in [6.45, 7) is 8.04. The van der Waals surface area contributed by atoms with E-state index in [4.69, 9.17) is 0 Å². The summed E-state index contributed by atoms with van der Waals surface area (Å²) >= 11 is 3.45. The zero-order valence-electron chi connectivity index (χ0n) is 13.2. The third-order valence-corrected chi connectivity index (χ3v) is 5.34. The number of rotatable bonds is 1. The van der Waals surface area contributed by atoms with Gasteiger partial charge >= 0.3 is 6.09 Å². The number of hydrogen-bond acceptors (Lipinski definition) is 3. The predicted molar refractivity (Wildman–Crippen MR) is 89.2 cm³/mol. The zero-order chi connectivity index (χ0) is 16.1. The van der Waals surface area contributed by atoms with Gasteiger partial charge in [0.25, 0.3) is 0 Å². The van der Waals surface area contributed by atoms with Crippen molar-refractivity contribution in [2.45, 2.75) is 39.3 Å². The SMILES string of the molecule is CC(C)(C)C1C[C@@H]2CN(c3cncc(Br)c3)C[C@@H]2N1C(=O)O. The molecule has 1 unspecified atom stereocenters. The molecule has 0 radical (unpaired) electrons. The number of carboxylic acid groups (broad SMARTS) is 1. The molecule has 1 amide bonds. The molecule has 0 saturated carbocycles. The zero-order valence-corrected chi connectivity index (χ0v) is 14.7. The third kappa shape index (κ3) is 2.69. The van der Waals surface area contributed by atoms with Crippen molar-refractivity contribution in [3.63, 3.8) is 0 Å². The molecule has 2 saturated heterocycles. The van der Waals surface area contributed by atoms with Gasteiger partial charge in [-0.3, -0.25) is 9.88 Å². The van der Waals surface area contributed by atoms with Gasteiger partial charge in [-0.15, -0.1) is 0 Å². The number of pyridine rings is 1. The van der Waals surface area contributed by atoms with Crippen molar-refractivity contribution in [2.75, 3.05) is 18.0 Å². The lowest BCUT2D eigenvalue weighted by Crippen LogP contribution is -2.48. The first-order valence-corrected chi connectivity index (χ1v) is 8.43. The van der Waals surface area contributed by atoms with Crippen molar-refractivity contribution in [3.05, 3.63) is 22.9 Å². The Morgan fingerprint density at radius 3 is 2.68 bits per heavy atom. The Kier molecular flexibility index (Phi) is 3.83. The molecule has 2 aliphatic rings. The predicted octanol–water partition coefficient (Wildman–Crippen LogP) is 3.45. The number of carbonyl (C=O) groups is 1. The van der Waals surface area contributed by atoms with E-state index in [1.165, 1.54) is 0 Å². The lowest BCUT2D eigenvalue weighted by atomic mass is 9.84. The Morgan fingerprint density at radius 1 is 1.36 bits per heavy atom. The molecule has 6 heteroatoms. The summed E-state index contributed by atoms with van der Waals surface area (Å²) in [7, 11) is 0. The smallest absolute Gasteiger partial charge is 0.407 e. The third-order valence-electron chi connectivity index (χ3n) is 4.90. The first-order chi connectivity index (χ1) is 10.3. The average molecular weight is 368 g/mol. The number of nitrogens with zero attached hydrogens (tertiary/aromatic N) is 3. The molecule has 0 aromatic carbocycles. The summed E-state index contributed by atoms with van der Waals surface area (Å²) in [6.07, 6.45) is 3.76. The van der Waals surface area contributed by atoms with Gasteiger partial charge in [0.05, 0.1) is 17.9 Å². The maximum Gasteiger partial charge on any atom is 0.407 e. The fraction of sp³-hybridized carbons (Fsp3) is 0.625. The van der Waals surface area contributed by atoms with E-state index >= 15 is 0 Å². The number of aromatic nitrogens is 1. The Bertz CT molecular complexity index is 587. The van der Waals surface area contributed by atoms with Crippen molar-refractivity contribution in [2.24, 2.45) is 11.3 Å². The molecule has 1 aromatic heterocycles. The molecule has 2 fully saturated rings. The highest BCUT2D eigenvalue weighted by Crippen LogP contribution is 2.43. The van der Waals surface area contributed by atoms with Crippen LogP contribution in [0.5, 0.6) is 0 Å².